The normalized spacial score (nSPS) is 24.4. The largest absolute Gasteiger partial charge is 0.317 e. The van der Waals surface area contributed by atoms with E-state index in [-0.39, 0.29) is 0 Å². The van der Waals surface area contributed by atoms with Gasteiger partial charge in [0.05, 0.1) is 6.54 Å². The molecular formula is C10H20N2O. The van der Waals surface area contributed by atoms with Crippen LogP contribution in [0.1, 0.15) is 19.3 Å². The molecule has 3 heteroatoms. The average Bonchev–Trinajstić information content (AvgIpc) is 2.29. The first kappa shape index (κ1) is 10.7. The molecule has 1 unspecified atom stereocenters. The molecule has 0 spiro atoms. The molecule has 1 fully saturated rings. The molecule has 0 aromatic rings. The van der Waals surface area contributed by atoms with Crippen molar-refractivity contribution >= 4 is 5.78 Å². The molecule has 0 aromatic heterocycles. The molecule has 1 atom stereocenters. The number of hydrogen-bond donors (Lipinski definition) is 1. The monoisotopic (exact) mass is 184 g/mol. The zero-order valence-electron chi connectivity index (χ0n) is 8.68. The second-order valence-corrected chi connectivity index (χ2v) is 4.08. The fraction of sp³-hybridized carbons (Fsp3) is 0.900. The van der Waals surface area contributed by atoms with Crippen LogP contribution in [0.5, 0.6) is 0 Å². The fourth-order valence-corrected chi connectivity index (χ4v) is 1.78. The second kappa shape index (κ2) is 5.35. The van der Waals surface area contributed by atoms with Crippen LogP contribution >= 0.6 is 0 Å². The summed E-state index contributed by atoms with van der Waals surface area (Å²) in [5.41, 5.74) is 0. The van der Waals surface area contributed by atoms with Gasteiger partial charge in [0.2, 0.25) is 0 Å². The number of nitrogens with one attached hydrogen (secondary N) is 1. The summed E-state index contributed by atoms with van der Waals surface area (Å²) in [4.78, 5) is 13.7. The van der Waals surface area contributed by atoms with Crippen molar-refractivity contribution in [3.05, 3.63) is 0 Å². The smallest absolute Gasteiger partial charge is 0.149 e. The lowest BCUT2D eigenvalue weighted by atomic mass is 9.95. The number of ketones is 1. The van der Waals surface area contributed by atoms with E-state index < -0.39 is 0 Å². The summed E-state index contributed by atoms with van der Waals surface area (Å²) in [6.07, 6.45) is 3.23. The fourth-order valence-electron chi connectivity index (χ4n) is 1.78. The minimum Gasteiger partial charge on any atom is -0.317 e. The summed E-state index contributed by atoms with van der Waals surface area (Å²) in [5, 5.41) is 3.32. The molecule has 1 aliphatic rings. The van der Waals surface area contributed by atoms with Crippen molar-refractivity contribution in [1.29, 1.82) is 0 Å². The Morgan fingerprint density at radius 1 is 1.38 bits per heavy atom. The van der Waals surface area contributed by atoms with Crippen LogP contribution in [0, 0.1) is 5.92 Å². The van der Waals surface area contributed by atoms with Gasteiger partial charge in [-0.25, -0.2) is 0 Å². The molecule has 1 aliphatic heterocycles. The Morgan fingerprint density at radius 2 is 2.15 bits per heavy atom. The van der Waals surface area contributed by atoms with Gasteiger partial charge in [0.15, 0.2) is 0 Å². The van der Waals surface area contributed by atoms with Gasteiger partial charge in [0.1, 0.15) is 5.78 Å². The zero-order chi connectivity index (χ0) is 9.68. The Kier molecular flexibility index (Phi) is 4.39. The summed E-state index contributed by atoms with van der Waals surface area (Å²) in [6, 6.07) is 0. The lowest BCUT2D eigenvalue weighted by molar-refractivity contribution is -0.123. The zero-order valence-corrected chi connectivity index (χ0v) is 8.68. The molecule has 1 saturated heterocycles. The van der Waals surface area contributed by atoms with E-state index in [0.717, 1.165) is 32.4 Å². The van der Waals surface area contributed by atoms with E-state index >= 15 is 0 Å². The topological polar surface area (TPSA) is 32.3 Å². The van der Waals surface area contributed by atoms with Gasteiger partial charge in [-0.05, 0) is 46.4 Å². The maximum atomic E-state index is 11.7. The minimum absolute atomic E-state index is 0.303. The average molecular weight is 184 g/mol. The summed E-state index contributed by atoms with van der Waals surface area (Å²) in [5.74, 6) is 0.714. The van der Waals surface area contributed by atoms with Crippen LogP contribution in [-0.4, -0.2) is 44.4 Å². The Morgan fingerprint density at radius 3 is 2.85 bits per heavy atom. The number of carbonyl (C=O) groups excluding carboxylic acids is 1. The highest BCUT2D eigenvalue weighted by molar-refractivity contribution is 5.82. The van der Waals surface area contributed by atoms with Crippen molar-refractivity contribution < 1.29 is 4.79 Å². The highest BCUT2D eigenvalue weighted by Crippen LogP contribution is 2.14. The second-order valence-electron chi connectivity index (χ2n) is 4.08. The van der Waals surface area contributed by atoms with E-state index in [0.29, 0.717) is 18.2 Å². The summed E-state index contributed by atoms with van der Waals surface area (Å²) >= 11 is 0. The predicted molar refractivity (Wildman–Crippen MR) is 53.8 cm³/mol. The molecule has 3 nitrogen and oxygen atoms in total. The molecule has 76 valence electrons. The quantitative estimate of drug-likeness (QED) is 0.693. The van der Waals surface area contributed by atoms with Crippen molar-refractivity contribution in [2.24, 2.45) is 5.92 Å². The number of rotatable bonds is 3. The van der Waals surface area contributed by atoms with E-state index in [2.05, 4.69) is 5.32 Å². The van der Waals surface area contributed by atoms with Gasteiger partial charge in [0.25, 0.3) is 0 Å². The van der Waals surface area contributed by atoms with Crippen LogP contribution in [0.25, 0.3) is 0 Å². The standard InChI is InChI=1S/C10H20N2O/c1-12(2)8-10(13)9-4-3-6-11-7-5-9/h9,11H,3-8H2,1-2H3. The van der Waals surface area contributed by atoms with Gasteiger partial charge in [0, 0.05) is 5.92 Å². The van der Waals surface area contributed by atoms with Gasteiger partial charge in [-0.1, -0.05) is 0 Å². The molecule has 1 rings (SSSR count). The van der Waals surface area contributed by atoms with Crippen molar-refractivity contribution in [1.82, 2.24) is 10.2 Å². The highest BCUT2D eigenvalue weighted by Gasteiger charge is 2.19. The third kappa shape index (κ3) is 3.87. The first-order valence-electron chi connectivity index (χ1n) is 5.08. The maximum absolute atomic E-state index is 11.7. The maximum Gasteiger partial charge on any atom is 0.149 e. The Balaban J connectivity index is 2.35. The molecule has 1 heterocycles. The van der Waals surface area contributed by atoms with Crippen molar-refractivity contribution in [3.63, 3.8) is 0 Å². The molecular weight excluding hydrogens is 164 g/mol. The Hall–Kier alpha value is -0.410. The first-order valence-corrected chi connectivity index (χ1v) is 5.08. The molecule has 0 saturated carbocycles. The number of hydrogen-bond acceptors (Lipinski definition) is 3. The minimum atomic E-state index is 0.303. The van der Waals surface area contributed by atoms with E-state index in [1.807, 2.05) is 19.0 Å². The highest BCUT2D eigenvalue weighted by atomic mass is 16.1. The van der Waals surface area contributed by atoms with Crippen LogP contribution in [0.15, 0.2) is 0 Å². The molecule has 13 heavy (non-hydrogen) atoms. The van der Waals surface area contributed by atoms with E-state index in [4.69, 9.17) is 0 Å². The van der Waals surface area contributed by atoms with Crippen LogP contribution in [0.3, 0.4) is 0 Å². The van der Waals surface area contributed by atoms with Gasteiger partial charge in [-0.15, -0.1) is 0 Å². The SMILES string of the molecule is CN(C)CC(=O)C1CCCNCC1. The third-order valence-electron chi connectivity index (χ3n) is 2.50. The Labute approximate surface area is 80.5 Å². The molecule has 1 N–H and O–H groups in total. The van der Waals surface area contributed by atoms with Crippen molar-refractivity contribution in [3.8, 4) is 0 Å². The summed E-state index contributed by atoms with van der Waals surface area (Å²) in [6.45, 7) is 2.68. The van der Waals surface area contributed by atoms with Gasteiger partial charge < -0.3 is 10.2 Å². The van der Waals surface area contributed by atoms with Gasteiger partial charge >= 0.3 is 0 Å². The molecule has 0 aliphatic carbocycles. The predicted octanol–water partition coefficient (Wildman–Crippen LogP) is 0.507. The molecule has 0 aromatic carbocycles. The molecule has 0 bridgehead atoms. The van der Waals surface area contributed by atoms with Crippen LogP contribution in [0.2, 0.25) is 0 Å². The molecule has 0 radical (unpaired) electrons. The number of Topliss-reactive ketones (excluding diaryl/α,β-unsaturated/α-hetero) is 1. The van der Waals surface area contributed by atoms with Crippen LogP contribution < -0.4 is 5.32 Å². The number of likely N-dealkylation sites (N-methyl/N-ethyl adjacent to an activating group) is 1. The lowest BCUT2D eigenvalue weighted by Gasteiger charge is -2.15. The van der Waals surface area contributed by atoms with E-state index in [9.17, 15) is 4.79 Å². The number of nitrogens with zero attached hydrogens (tertiary/aromatic N) is 1. The van der Waals surface area contributed by atoms with Crippen molar-refractivity contribution in [2.75, 3.05) is 33.7 Å². The van der Waals surface area contributed by atoms with Crippen LogP contribution in [-0.2, 0) is 4.79 Å². The summed E-state index contributed by atoms with van der Waals surface area (Å²) in [7, 11) is 3.90. The van der Waals surface area contributed by atoms with Crippen LogP contribution in [0.4, 0.5) is 0 Å². The van der Waals surface area contributed by atoms with Crippen molar-refractivity contribution in [2.45, 2.75) is 19.3 Å². The Bertz CT molecular complexity index is 160. The van der Waals surface area contributed by atoms with Gasteiger partial charge in [-0.3, -0.25) is 4.79 Å². The number of carbonyl (C=O) groups is 1. The summed E-state index contributed by atoms with van der Waals surface area (Å²) < 4.78 is 0. The first-order chi connectivity index (χ1) is 6.20. The van der Waals surface area contributed by atoms with E-state index in [1.54, 1.807) is 0 Å². The lowest BCUT2D eigenvalue weighted by Crippen LogP contribution is -2.28. The van der Waals surface area contributed by atoms with E-state index in [1.165, 1.54) is 0 Å². The van der Waals surface area contributed by atoms with Gasteiger partial charge in [-0.2, -0.15) is 0 Å². The third-order valence-corrected chi connectivity index (χ3v) is 2.50. The molecule has 0 amide bonds.